The topological polar surface area (TPSA) is 99.8 Å². The molecule has 0 aromatic rings. The summed E-state index contributed by atoms with van der Waals surface area (Å²) in [5.41, 5.74) is 0. The maximum atomic E-state index is 13.3. The number of nitrogens with zero attached hydrogens (tertiary/aromatic N) is 1. The fourth-order valence-electron chi connectivity index (χ4n) is 3.42. The molecule has 3 amide bonds. The second kappa shape index (κ2) is 11.0. The number of morpholine rings is 1. The molecule has 1 spiro atoms. The van der Waals surface area contributed by atoms with Gasteiger partial charge in [0.15, 0.2) is 0 Å². The third kappa shape index (κ3) is 5.75. The number of hydrogen-bond acceptors (Lipinski definition) is 9. The van der Waals surface area contributed by atoms with E-state index >= 15 is 0 Å². The maximum absolute atomic E-state index is 13.3. The van der Waals surface area contributed by atoms with Gasteiger partial charge < -0.3 is 0 Å². The first-order valence-electron chi connectivity index (χ1n) is 10.3. The molecule has 31 heavy (non-hydrogen) atoms. The number of fused-ring (bicyclic) bond motifs is 2. The zero-order chi connectivity index (χ0) is 21.8. The molecule has 170 valence electrons. The minimum atomic E-state index is -3.25. The average molecular weight is 609 g/mol. The standard InChI is InChI=1S/C18H30N4O4S4.Sn/c1-12(27)13(28)16(23)20-6-2-4-19-5-3-7-21-17(24)14(29)15(30)18(25)22-8-10-26-11-9-22;/h19,27-30H,2-11H2,1H3,(H,20,23)(H,21,24);/q;+4/p-4. The summed E-state index contributed by atoms with van der Waals surface area (Å²) in [7, 11) is 6.63. The van der Waals surface area contributed by atoms with Gasteiger partial charge in [-0.2, -0.15) is 0 Å². The van der Waals surface area contributed by atoms with Crippen LogP contribution in [0, 0.1) is 0 Å². The number of carbonyl (C=O) groups excluding carboxylic acids is 3. The summed E-state index contributed by atoms with van der Waals surface area (Å²) in [4.78, 5) is 43.9. The third-order valence-corrected chi connectivity index (χ3v) is 45.2. The quantitative estimate of drug-likeness (QED) is 0.380. The van der Waals surface area contributed by atoms with Crippen molar-refractivity contribution in [3.8, 4) is 0 Å². The second-order valence-electron chi connectivity index (χ2n) is 7.33. The molecule has 1 atom stereocenters. The summed E-state index contributed by atoms with van der Waals surface area (Å²) in [6, 6.07) is 0. The van der Waals surface area contributed by atoms with Crippen LogP contribution in [0.25, 0.3) is 0 Å². The van der Waals surface area contributed by atoms with Crippen molar-refractivity contribution < 1.29 is 19.1 Å². The van der Waals surface area contributed by atoms with Crippen LogP contribution in [0.4, 0.5) is 0 Å². The van der Waals surface area contributed by atoms with Crippen molar-refractivity contribution in [1.29, 1.82) is 0 Å². The Morgan fingerprint density at radius 2 is 1.52 bits per heavy atom. The van der Waals surface area contributed by atoms with E-state index in [9.17, 15) is 14.4 Å². The van der Waals surface area contributed by atoms with E-state index < -0.39 is 12.8 Å². The number of rotatable bonds is 1. The molecular formula is C18H26N4O4S4Sn. The van der Waals surface area contributed by atoms with Gasteiger partial charge in [0, 0.05) is 0 Å². The van der Waals surface area contributed by atoms with Gasteiger partial charge in [0.25, 0.3) is 0 Å². The molecule has 3 N–H and O–H groups in total. The molecule has 2 fully saturated rings. The SMILES string of the molecule is CC1=C2[S][Sn]3([S]1)[S]C(=C(C(=O)N1CCOCC1)[S]3)C(=O)NCCCNCCCNC2=O. The number of carbonyl (C=O) groups is 3. The Morgan fingerprint density at radius 3 is 2.19 bits per heavy atom. The second-order valence-corrected chi connectivity index (χ2v) is 46.7. The predicted molar refractivity (Wildman–Crippen MR) is 131 cm³/mol. The molecule has 4 rings (SSSR count). The van der Waals surface area contributed by atoms with Gasteiger partial charge in [-0.1, -0.05) is 0 Å². The minimum absolute atomic E-state index is 0.0316. The van der Waals surface area contributed by atoms with Gasteiger partial charge in [0.1, 0.15) is 0 Å². The van der Waals surface area contributed by atoms with Crippen LogP contribution in [0.5, 0.6) is 0 Å². The molecule has 3 bridgehead atoms. The van der Waals surface area contributed by atoms with Crippen LogP contribution in [0.1, 0.15) is 19.8 Å². The van der Waals surface area contributed by atoms with E-state index in [1.807, 2.05) is 6.92 Å². The van der Waals surface area contributed by atoms with Crippen molar-refractivity contribution in [1.82, 2.24) is 20.9 Å². The molecule has 4 heterocycles. The van der Waals surface area contributed by atoms with Crippen LogP contribution in [0.2, 0.25) is 0 Å². The Labute approximate surface area is 196 Å². The van der Waals surface area contributed by atoms with E-state index in [2.05, 4.69) is 16.0 Å². The Morgan fingerprint density at radius 1 is 0.903 bits per heavy atom. The van der Waals surface area contributed by atoms with Gasteiger partial charge in [-0.05, 0) is 0 Å². The summed E-state index contributed by atoms with van der Waals surface area (Å²) in [5, 5.41) is 9.38. The number of hydrogen-bond donors (Lipinski definition) is 3. The van der Waals surface area contributed by atoms with Crippen molar-refractivity contribution >= 4 is 66.4 Å². The van der Waals surface area contributed by atoms with Crippen molar-refractivity contribution in [3.05, 3.63) is 19.6 Å². The Bertz CT molecular complexity index is 833. The van der Waals surface area contributed by atoms with Crippen molar-refractivity contribution in [2.45, 2.75) is 19.8 Å². The monoisotopic (exact) mass is 610 g/mol. The molecule has 1 unspecified atom stereocenters. The normalized spacial score (nSPS) is 28.6. The number of amides is 3. The summed E-state index contributed by atoms with van der Waals surface area (Å²) < 4.78 is 5.39. The third-order valence-electron chi connectivity index (χ3n) is 5.02. The molecular weight excluding hydrogens is 583 g/mol. The van der Waals surface area contributed by atoms with Gasteiger partial charge in [-0.25, -0.2) is 0 Å². The van der Waals surface area contributed by atoms with Crippen LogP contribution in [-0.2, 0) is 19.1 Å². The average Bonchev–Trinajstić information content (AvgIpc) is 3.31. The fourth-order valence-corrected chi connectivity index (χ4v) is 54.8. The van der Waals surface area contributed by atoms with Crippen molar-refractivity contribution in [3.63, 3.8) is 0 Å². The molecule has 0 aromatic heterocycles. The molecule has 0 aliphatic carbocycles. The Kier molecular flexibility index (Phi) is 8.53. The van der Waals surface area contributed by atoms with Crippen LogP contribution in [0.15, 0.2) is 19.6 Å². The van der Waals surface area contributed by atoms with Crippen molar-refractivity contribution in [2.24, 2.45) is 0 Å². The van der Waals surface area contributed by atoms with E-state index in [1.165, 1.54) is 0 Å². The van der Waals surface area contributed by atoms with Gasteiger partial charge in [0.05, 0.1) is 0 Å². The van der Waals surface area contributed by atoms with Crippen LogP contribution in [-0.4, -0.2) is 87.9 Å². The molecule has 13 heteroatoms. The van der Waals surface area contributed by atoms with E-state index in [4.69, 9.17) is 4.74 Å². The fraction of sp³-hybridized carbons (Fsp3) is 0.611. The first-order chi connectivity index (χ1) is 15.0. The molecule has 0 radical (unpaired) electrons. The van der Waals surface area contributed by atoms with Gasteiger partial charge in [-0.15, -0.1) is 0 Å². The number of nitrogens with one attached hydrogen (secondary N) is 3. The molecule has 4 aliphatic heterocycles. The zero-order valence-electron chi connectivity index (χ0n) is 17.3. The van der Waals surface area contributed by atoms with Gasteiger partial charge in [-0.3, -0.25) is 0 Å². The van der Waals surface area contributed by atoms with E-state index in [-0.39, 0.29) is 17.7 Å². The van der Waals surface area contributed by atoms with Crippen LogP contribution < -0.4 is 16.0 Å². The molecule has 0 aromatic carbocycles. The van der Waals surface area contributed by atoms with E-state index in [0.717, 1.165) is 35.7 Å². The Balaban J connectivity index is 1.58. The Hall–Kier alpha value is 0.00870. The summed E-state index contributed by atoms with van der Waals surface area (Å²) >= 11 is -3.25. The van der Waals surface area contributed by atoms with E-state index in [1.54, 1.807) is 40.7 Å². The predicted octanol–water partition coefficient (Wildman–Crippen LogP) is 1.30. The number of allylic oxidation sites excluding steroid dienone is 1. The first-order valence-corrected chi connectivity index (χ1v) is 27.6. The van der Waals surface area contributed by atoms with Gasteiger partial charge >= 0.3 is 198 Å². The van der Waals surface area contributed by atoms with Crippen molar-refractivity contribution in [2.75, 3.05) is 52.5 Å². The van der Waals surface area contributed by atoms with Gasteiger partial charge in [0.2, 0.25) is 0 Å². The summed E-state index contributed by atoms with van der Waals surface area (Å²) in [6.45, 7) is 6.95. The zero-order valence-corrected chi connectivity index (χ0v) is 23.4. The molecule has 2 saturated heterocycles. The van der Waals surface area contributed by atoms with Crippen LogP contribution >= 0.6 is 35.8 Å². The summed E-state index contributed by atoms with van der Waals surface area (Å²) in [6.07, 6.45) is 1.68. The molecule has 0 saturated carbocycles. The molecule has 8 nitrogen and oxygen atoms in total. The number of ether oxygens (including phenoxy) is 1. The van der Waals surface area contributed by atoms with E-state index in [0.29, 0.717) is 49.2 Å². The first kappa shape index (κ1) is 24.1. The summed E-state index contributed by atoms with van der Waals surface area (Å²) in [5.74, 6) is -0.266. The molecule has 4 aliphatic rings. The van der Waals surface area contributed by atoms with Crippen LogP contribution in [0.3, 0.4) is 0 Å².